The Labute approximate surface area is 174 Å². The van der Waals surface area contributed by atoms with Gasteiger partial charge in [0.2, 0.25) is 0 Å². The summed E-state index contributed by atoms with van der Waals surface area (Å²) in [6, 6.07) is 1.34. The van der Waals surface area contributed by atoms with E-state index in [1.54, 1.807) is 0 Å². The second kappa shape index (κ2) is 21.7. The average Bonchev–Trinajstić information content (AvgIpc) is 2.59. The Morgan fingerprint density at radius 2 is 1.00 bits per heavy atom. The minimum absolute atomic E-state index is 0. The Balaban J connectivity index is 0. The Morgan fingerprint density at radius 3 is 1.42 bits per heavy atom. The molecule has 2 nitrogen and oxygen atoms in total. The van der Waals surface area contributed by atoms with Crippen molar-refractivity contribution in [1.29, 1.82) is 0 Å². The van der Waals surface area contributed by atoms with Gasteiger partial charge in [-0.1, -0.05) is 84.0 Å². The van der Waals surface area contributed by atoms with E-state index in [1.807, 2.05) is 7.11 Å². The van der Waals surface area contributed by atoms with E-state index in [1.165, 1.54) is 120 Å². The number of quaternary nitrogens is 1. The van der Waals surface area contributed by atoms with Crippen LogP contribution in [-0.2, 0) is 4.43 Å². The van der Waals surface area contributed by atoms with Crippen molar-refractivity contribution in [3.63, 3.8) is 0 Å². The van der Waals surface area contributed by atoms with Crippen molar-refractivity contribution in [2.45, 2.75) is 109 Å². The lowest BCUT2D eigenvalue weighted by molar-refractivity contribution is -0.890. The maximum absolute atomic E-state index is 5.28. The minimum Gasteiger partial charge on any atom is -1.00 e. The number of halogens is 1. The molecule has 0 aromatic rings. The first-order valence-electron chi connectivity index (χ1n) is 11.4. The van der Waals surface area contributed by atoms with Gasteiger partial charge < -0.3 is 21.3 Å². The van der Waals surface area contributed by atoms with Gasteiger partial charge in [-0.2, -0.15) is 0 Å². The molecule has 0 unspecified atom stereocenters. The second-order valence-electron chi connectivity index (χ2n) is 8.68. The zero-order valence-electron chi connectivity index (χ0n) is 18.7. The first kappa shape index (κ1) is 28.6. The molecular formula is C22H50ClNOSi. The molecular weight excluding hydrogens is 358 g/mol. The van der Waals surface area contributed by atoms with Crippen LogP contribution in [0.3, 0.4) is 0 Å². The second-order valence-corrected chi connectivity index (χ2v) is 10.4. The van der Waals surface area contributed by atoms with Crippen LogP contribution in [0.15, 0.2) is 0 Å². The summed E-state index contributed by atoms with van der Waals surface area (Å²) >= 11 is 0. The molecule has 26 heavy (non-hydrogen) atoms. The number of hydrogen-bond donors (Lipinski definition) is 0. The van der Waals surface area contributed by atoms with Gasteiger partial charge in [-0.3, -0.25) is 0 Å². The van der Waals surface area contributed by atoms with E-state index in [-0.39, 0.29) is 22.2 Å². The maximum atomic E-state index is 5.28. The number of nitrogens with zero attached hydrogens (tertiary/aromatic N) is 1. The van der Waals surface area contributed by atoms with E-state index >= 15 is 0 Å². The summed E-state index contributed by atoms with van der Waals surface area (Å²) < 4.78 is 6.48. The van der Waals surface area contributed by atoms with E-state index in [9.17, 15) is 0 Å². The maximum Gasteiger partial charge on any atom is 0.161 e. The largest absolute Gasteiger partial charge is 1.00 e. The summed E-state index contributed by atoms with van der Waals surface area (Å²) in [5.74, 6) is 0. The monoisotopic (exact) mass is 407 g/mol. The predicted molar refractivity (Wildman–Crippen MR) is 117 cm³/mol. The average molecular weight is 408 g/mol. The van der Waals surface area contributed by atoms with Crippen LogP contribution in [-0.4, -0.2) is 48.5 Å². The fraction of sp³-hybridized carbons (Fsp3) is 1.00. The molecule has 0 rings (SSSR count). The Kier molecular flexibility index (Phi) is 23.9. The first-order chi connectivity index (χ1) is 12.1. The molecule has 0 amide bonds. The van der Waals surface area contributed by atoms with E-state index < -0.39 is 0 Å². The van der Waals surface area contributed by atoms with E-state index in [2.05, 4.69) is 21.0 Å². The smallest absolute Gasteiger partial charge is 0.161 e. The third-order valence-electron chi connectivity index (χ3n) is 5.48. The van der Waals surface area contributed by atoms with Gasteiger partial charge in [0.05, 0.1) is 27.2 Å². The van der Waals surface area contributed by atoms with Crippen LogP contribution in [0.4, 0.5) is 0 Å². The highest BCUT2D eigenvalue weighted by Gasteiger charge is 2.13. The highest BCUT2D eigenvalue weighted by atomic mass is 35.5. The van der Waals surface area contributed by atoms with Crippen molar-refractivity contribution < 1.29 is 21.3 Å². The molecule has 0 aromatic heterocycles. The SMILES string of the molecule is CCCCCCCCCCCCCCCC[N+](C)(C)CCC[SiH2]OC.[Cl-]. The highest BCUT2D eigenvalue weighted by Crippen LogP contribution is 2.13. The molecule has 0 saturated heterocycles. The van der Waals surface area contributed by atoms with Crippen LogP contribution in [0.2, 0.25) is 6.04 Å². The number of unbranched alkanes of at least 4 members (excludes halogenated alkanes) is 13. The summed E-state index contributed by atoms with van der Waals surface area (Å²) in [5, 5.41) is 0. The third kappa shape index (κ3) is 22.5. The van der Waals surface area contributed by atoms with Crippen LogP contribution in [0.5, 0.6) is 0 Å². The molecule has 0 radical (unpaired) electrons. The molecule has 0 aromatic carbocycles. The Morgan fingerprint density at radius 1 is 0.615 bits per heavy atom. The summed E-state index contributed by atoms with van der Waals surface area (Å²) in [6.07, 6.45) is 21.7. The van der Waals surface area contributed by atoms with E-state index in [4.69, 9.17) is 4.43 Å². The fourth-order valence-corrected chi connectivity index (χ4v) is 4.35. The lowest BCUT2D eigenvalue weighted by atomic mass is 10.0. The summed E-state index contributed by atoms with van der Waals surface area (Å²) in [6.45, 7) is 4.98. The Hall–Kier alpha value is 0.427. The molecule has 0 aliphatic rings. The summed E-state index contributed by atoms with van der Waals surface area (Å²) in [7, 11) is 6.46. The third-order valence-corrected chi connectivity index (χ3v) is 6.68. The normalized spacial score (nSPS) is 12.0. The standard InChI is InChI=1S/C22H50NOSi.ClH/c1-5-6-7-8-9-10-11-12-13-14-15-16-17-18-20-23(2,3)21-19-22-25-24-4;/h5-22,25H2,1-4H3;1H/q+1;/p-1. The predicted octanol–water partition coefficient (Wildman–Crippen LogP) is 3.09. The van der Waals surface area contributed by atoms with Crippen molar-refractivity contribution in [3.05, 3.63) is 0 Å². The minimum atomic E-state index is -0.204. The quantitative estimate of drug-likeness (QED) is 0.171. The van der Waals surface area contributed by atoms with E-state index in [0.717, 1.165) is 0 Å². The molecule has 0 heterocycles. The molecule has 0 spiro atoms. The van der Waals surface area contributed by atoms with Crippen molar-refractivity contribution in [2.24, 2.45) is 0 Å². The van der Waals surface area contributed by atoms with Crippen LogP contribution in [0.1, 0.15) is 103 Å². The van der Waals surface area contributed by atoms with E-state index in [0.29, 0.717) is 0 Å². The number of rotatable bonds is 20. The first-order valence-corrected chi connectivity index (χ1v) is 13.0. The molecule has 0 bridgehead atoms. The fourth-order valence-electron chi connectivity index (χ4n) is 3.63. The molecule has 0 fully saturated rings. The molecule has 0 aliphatic heterocycles. The zero-order valence-corrected chi connectivity index (χ0v) is 20.8. The van der Waals surface area contributed by atoms with Gasteiger partial charge >= 0.3 is 0 Å². The van der Waals surface area contributed by atoms with Crippen LogP contribution < -0.4 is 12.4 Å². The van der Waals surface area contributed by atoms with Crippen LogP contribution in [0.25, 0.3) is 0 Å². The highest BCUT2D eigenvalue weighted by molar-refractivity contribution is 6.26. The van der Waals surface area contributed by atoms with Gasteiger partial charge in [0.15, 0.2) is 9.76 Å². The summed E-state index contributed by atoms with van der Waals surface area (Å²) in [4.78, 5) is 0. The summed E-state index contributed by atoms with van der Waals surface area (Å²) in [5.41, 5.74) is 0. The molecule has 160 valence electrons. The van der Waals surface area contributed by atoms with Gasteiger partial charge in [0.25, 0.3) is 0 Å². The van der Waals surface area contributed by atoms with Crippen LogP contribution in [0, 0.1) is 0 Å². The van der Waals surface area contributed by atoms with Gasteiger partial charge in [0, 0.05) is 7.11 Å². The lowest BCUT2D eigenvalue weighted by Crippen LogP contribution is -3.00. The molecule has 0 atom stereocenters. The van der Waals surface area contributed by atoms with Gasteiger partial charge in [-0.25, -0.2) is 0 Å². The molecule has 0 saturated carbocycles. The molecule has 0 N–H and O–H groups in total. The number of hydrogen-bond acceptors (Lipinski definition) is 1. The van der Waals surface area contributed by atoms with Gasteiger partial charge in [-0.05, 0) is 25.3 Å². The van der Waals surface area contributed by atoms with Crippen molar-refractivity contribution in [2.75, 3.05) is 34.3 Å². The van der Waals surface area contributed by atoms with Crippen LogP contribution >= 0.6 is 0 Å². The van der Waals surface area contributed by atoms with Gasteiger partial charge in [0.1, 0.15) is 0 Å². The zero-order chi connectivity index (χ0) is 18.6. The van der Waals surface area contributed by atoms with Crippen molar-refractivity contribution >= 4 is 9.76 Å². The molecule has 0 aliphatic carbocycles. The van der Waals surface area contributed by atoms with Crippen molar-refractivity contribution in [3.8, 4) is 0 Å². The topological polar surface area (TPSA) is 9.23 Å². The Bertz CT molecular complexity index is 265. The van der Waals surface area contributed by atoms with Crippen molar-refractivity contribution in [1.82, 2.24) is 0 Å². The molecule has 4 heteroatoms. The lowest BCUT2D eigenvalue weighted by Gasteiger charge is -2.29. The van der Waals surface area contributed by atoms with Gasteiger partial charge in [-0.15, -0.1) is 0 Å².